The summed E-state index contributed by atoms with van der Waals surface area (Å²) >= 11 is 0. The van der Waals surface area contributed by atoms with E-state index in [0.29, 0.717) is 5.41 Å². The van der Waals surface area contributed by atoms with Crippen molar-refractivity contribution in [1.82, 2.24) is 9.97 Å². The number of ether oxygens (including phenoxy) is 1. The summed E-state index contributed by atoms with van der Waals surface area (Å²) in [7, 11) is 0. The fourth-order valence-electron chi connectivity index (χ4n) is 5.53. The number of fused-ring (bicyclic) bond motifs is 5. The first-order chi connectivity index (χ1) is 21.2. The molecule has 0 aliphatic carbocycles. The van der Waals surface area contributed by atoms with Crippen molar-refractivity contribution in [3.8, 4) is 56.3 Å². The average molecular weight is 765 g/mol. The third kappa shape index (κ3) is 7.48. The number of para-hydroxylation sites is 1. The molecule has 7 rings (SSSR count). The molecule has 1 aliphatic heterocycles. The van der Waals surface area contributed by atoms with Gasteiger partial charge in [0.25, 0.3) is 0 Å². The van der Waals surface area contributed by atoms with Crippen molar-refractivity contribution < 1.29 is 24.8 Å². The minimum absolute atomic E-state index is 0. The molecule has 0 N–H and O–H groups in total. The normalized spacial score (nSPS) is 11.3. The summed E-state index contributed by atoms with van der Waals surface area (Å²) in [4.78, 5) is 8.98. The van der Waals surface area contributed by atoms with Gasteiger partial charge in [-0.15, -0.1) is 59.2 Å². The van der Waals surface area contributed by atoms with Crippen LogP contribution in [0.25, 0.3) is 44.8 Å². The monoisotopic (exact) mass is 765 g/mol. The zero-order valence-electron chi connectivity index (χ0n) is 26.3. The molecule has 45 heavy (non-hydrogen) atoms. The summed E-state index contributed by atoms with van der Waals surface area (Å²) in [6, 6.07) is 41.8. The van der Waals surface area contributed by atoms with Crippen molar-refractivity contribution >= 4 is 0 Å². The Morgan fingerprint density at radius 2 is 1.36 bits per heavy atom. The van der Waals surface area contributed by atoms with Crippen LogP contribution in [0.15, 0.2) is 116 Å². The van der Waals surface area contributed by atoms with Gasteiger partial charge in [-0.25, -0.2) is 0 Å². The van der Waals surface area contributed by atoms with Gasteiger partial charge < -0.3 is 14.7 Å². The summed E-state index contributed by atoms with van der Waals surface area (Å²) in [5.74, 6) is 1.69. The predicted molar refractivity (Wildman–Crippen MR) is 181 cm³/mol. The molecular formula is C41H36IrN2O-2. The molecule has 1 aliphatic rings. The molecule has 4 aromatic carbocycles. The maximum absolute atomic E-state index is 6.25. The number of hydrogen-bond acceptors (Lipinski definition) is 3. The summed E-state index contributed by atoms with van der Waals surface area (Å²) in [5, 5.41) is 0. The van der Waals surface area contributed by atoms with Gasteiger partial charge in [0.2, 0.25) is 0 Å². The first-order valence-electron chi connectivity index (χ1n) is 15.0. The maximum Gasteiger partial charge on any atom is 0.122 e. The molecular weight excluding hydrogens is 729 g/mol. The van der Waals surface area contributed by atoms with Crippen LogP contribution in [-0.2, 0) is 26.5 Å². The van der Waals surface area contributed by atoms with E-state index in [9.17, 15) is 0 Å². The summed E-state index contributed by atoms with van der Waals surface area (Å²) in [6.45, 7) is 10.9. The van der Waals surface area contributed by atoms with E-state index in [4.69, 9.17) is 4.74 Å². The van der Waals surface area contributed by atoms with Gasteiger partial charge in [-0.3, -0.25) is 0 Å². The molecule has 0 saturated heterocycles. The molecule has 0 amide bonds. The third-order valence-corrected chi connectivity index (χ3v) is 7.59. The smallest absolute Gasteiger partial charge is 0.122 e. The van der Waals surface area contributed by atoms with Gasteiger partial charge >= 0.3 is 0 Å². The number of rotatable bonds is 3. The molecule has 0 unspecified atom stereocenters. The Hall–Kier alpha value is -4.37. The van der Waals surface area contributed by atoms with Crippen molar-refractivity contribution in [2.45, 2.75) is 41.0 Å². The maximum atomic E-state index is 6.25. The Kier molecular flexibility index (Phi) is 9.77. The van der Waals surface area contributed by atoms with Crippen LogP contribution in [0.4, 0.5) is 0 Å². The first-order valence-corrected chi connectivity index (χ1v) is 15.0. The van der Waals surface area contributed by atoms with E-state index >= 15 is 0 Å². The van der Waals surface area contributed by atoms with Gasteiger partial charge in [0.15, 0.2) is 0 Å². The summed E-state index contributed by atoms with van der Waals surface area (Å²) in [6.07, 6.45) is 4.78. The minimum Gasteiger partial charge on any atom is -0.500 e. The molecule has 4 heteroatoms. The van der Waals surface area contributed by atoms with E-state index in [2.05, 4.69) is 123 Å². The van der Waals surface area contributed by atoms with Crippen molar-refractivity contribution in [2.24, 2.45) is 5.41 Å². The fraction of sp³-hybridized carbons (Fsp3) is 0.171. The van der Waals surface area contributed by atoms with E-state index in [1.165, 1.54) is 16.7 Å². The van der Waals surface area contributed by atoms with E-state index < -0.39 is 0 Å². The van der Waals surface area contributed by atoms with Gasteiger partial charge in [-0.05, 0) is 59.5 Å². The number of benzene rings is 4. The SMILES string of the molecule is Cc1c[c-]c(-c2cc(CC(C)(C)C)ccn2)cc1.Cc1cccnc1-c1[c-]cc2c(c1)-c1ccccc1-c1ccccc1O2.[Ir]. The molecule has 1 radical (unpaired) electrons. The molecule has 3 nitrogen and oxygen atoms in total. The average Bonchev–Trinajstić information content (AvgIpc) is 3.16. The molecule has 227 valence electrons. The molecule has 2 aromatic heterocycles. The van der Waals surface area contributed by atoms with Gasteiger partial charge in [-0.2, -0.15) is 0 Å². The van der Waals surface area contributed by atoms with Crippen LogP contribution in [0.5, 0.6) is 11.5 Å². The molecule has 0 bridgehead atoms. The van der Waals surface area contributed by atoms with E-state index in [1.807, 2.05) is 48.8 Å². The van der Waals surface area contributed by atoms with Crippen molar-refractivity contribution in [2.75, 3.05) is 0 Å². The second-order valence-corrected chi connectivity index (χ2v) is 12.5. The Morgan fingerprint density at radius 3 is 2.07 bits per heavy atom. The van der Waals surface area contributed by atoms with Crippen molar-refractivity contribution in [3.63, 3.8) is 0 Å². The minimum atomic E-state index is 0. The third-order valence-electron chi connectivity index (χ3n) is 7.59. The zero-order chi connectivity index (χ0) is 30.7. The molecule has 0 saturated carbocycles. The molecule has 0 spiro atoms. The number of aryl methyl sites for hydroxylation is 2. The second kappa shape index (κ2) is 13.7. The number of pyridine rings is 2. The Labute approximate surface area is 280 Å². The van der Waals surface area contributed by atoms with Crippen LogP contribution >= 0.6 is 0 Å². The number of hydrogen-bond donors (Lipinski definition) is 0. The first kappa shape index (κ1) is 32.0. The van der Waals surface area contributed by atoms with Crippen LogP contribution in [0, 0.1) is 31.4 Å². The van der Waals surface area contributed by atoms with Gasteiger partial charge in [-0.1, -0.05) is 99.0 Å². The summed E-state index contributed by atoms with van der Waals surface area (Å²) in [5.41, 5.74) is 12.5. The Balaban J connectivity index is 0.000000186. The topological polar surface area (TPSA) is 35.0 Å². The van der Waals surface area contributed by atoms with Gasteiger partial charge in [0.05, 0.1) is 5.75 Å². The molecule has 0 atom stereocenters. The Bertz CT molecular complexity index is 1920. The molecule has 3 heterocycles. The van der Waals surface area contributed by atoms with E-state index in [1.54, 1.807) is 0 Å². The zero-order valence-corrected chi connectivity index (χ0v) is 28.7. The standard InChI is InChI=1S/C24H16NO.C17H20N.Ir/c1-16-7-6-14-25-24(16)17-12-13-23-21(15-17)19-9-3-2-8-18(19)20-10-4-5-11-22(20)26-23;1-13-5-7-15(8-6-13)16-11-14(9-10-18-16)12-17(2,3)4;/h2-11,13-15H,1H3;5-7,9-11H,12H2,1-4H3;/q2*-1;. The molecule has 6 aromatic rings. The van der Waals surface area contributed by atoms with Gasteiger partial charge in [0, 0.05) is 38.1 Å². The molecule has 0 fully saturated rings. The van der Waals surface area contributed by atoms with Gasteiger partial charge in [0.1, 0.15) is 5.75 Å². The summed E-state index contributed by atoms with van der Waals surface area (Å²) < 4.78 is 6.25. The second-order valence-electron chi connectivity index (χ2n) is 12.5. The fourth-order valence-corrected chi connectivity index (χ4v) is 5.53. The van der Waals surface area contributed by atoms with Crippen molar-refractivity contribution in [1.29, 1.82) is 0 Å². The Morgan fingerprint density at radius 1 is 0.644 bits per heavy atom. The van der Waals surface area contributed by atoms with Crippen LogP contribution < -0.4 is 4.74 Å². The number of aromatic nitrogens is 2. The largest absolute Gasteiger partial charge is 0.500 e. The van der Waals surface area contributed by atoms with Crippen molar-refractivity contribution in [3.05, 3.63) is 144 Å². The van der Waals surface area contributed by atoms with E-state index in [-0.39, 0.29) is 20.1 Å². The van der Waals surface area contributed by atoms with Crippen LogP contribution in [0.2, 0.25) is 0 Å². The van der Waals surface area contributed by atoms with Crippen LogP contribution in [-0.4, -0.2) is 9.97 Å². The predicted octanol–water partition coefficient (Wildman–Crippen LogP) is 10.7. The quantitative estimate of drug-likeness (QED) is 0.168. The van der Waals surface area contributed by atoms with Crippen LogP contribution in [0.3, 0.4) is 0 Å². The number of nitrogens with zero attached hydrogens (tertiary/aromatic N) is 2. The van der Waals surface area contributed by atoms with Crippen LogP contribution in [0.1, 0.15) is 37.5 Å². The van der Waals surface area contributed by atoms with E-state index in [0.717, 1.165) is 62.7 Å².